The fourth-order valence-electron chi connectivity index (χ4n) is 2.01. The topological polar surface area (TPSA) is 59.2 Å². The molecule has 3 rings (SSSR count). The number of aromatic amines is 1. The van der Waals surface area contributed by atoms with E-state index in [0.29, 0.717) is 13.2 Å². The first-order chi connectivity index (χ1) is 8.86. The van der Waals surface area contributed by atoms with Crippen LogP contribution in [0.4, 0.5) is 5.95 Å². The van der Waals surface area contributed by atoms with Gasteiger partial charge in [0, 0.05) is 18.7 Å². The average Bonchev–Trinajstić information content (AvgIpc) is 2.77. The summed E-state index contributed by atoms with van der Waals surface area (Å²) in [6.45, 7) is 4.31. The van der Waals surface area contributed by atoms with Gasteiger partial charge in [0.25, 0.3) is 0 Å². The lowest BCUT2D eigenvalue weighted by Crippen LogP contribution is -2.15. The average molecular weight is 247 g/mol. The molecule has 0 spiro atoms. The van der Waals surface area contributed by atoms with Gasteiger partial charge in [0.2, 0.25) is 5.95 Å². The van der Waals surface area contributed by atoms with Crippen molar-refractivity contribution in [1.82, 2.24) is 9.97 Å². The van der Waals surface area contributed by atoms with Crippen molar-refractivity contribution in [3.63, 3.8) is 0 Å². The molecule has 2 heterocycles. The third-order valence-electron chi connectivity index (χ3n) is 2.97. The van der Waals surface area contributed by atoms with E-state index in [1.807, 2.05) is 12.1 Å². The van der Waals surface area contributed by atoms with Crippen LogP contribution in [-0.2, 0) is 0 Å². The van der Waals surface area contributed by atoms with Crippen molar-refractivity contribution in [3.8, 4) is 11.5 Å². The van der Waals surface area contributed by atoms with E-state index in [0.717, 1.165) is 41.4 Å². The number of nitrogens with zero attached hydrogens (tertiary/aromatic N) is 1. The molecular formula is C13H17N3O2. The SMILES string of the molecule is CCCCNc1nc2cc3c(cc2[nH]1)OCCO3. The van der Waals surface area contributed by atoms with Crippen LogP contribution in [0.3, 0.4) is 0 Å². The third kappa shape index (κ3) is 2.08. The summed E-state index contributed by atoms with van der Waals surface area (Å²) in [7, 11) is 0. The zero-order chi connectivity index (χ0) is 12.4. The lowest BCUT2D eigenvalue weighted by atomic mass is 10.2. The van der Waals surface area contributed by atoms with Crippen LogP contribution >= 0.6 is 0 Å². The second-order valence-corrected chi connectivity index (χ2v) is 4.38. The highest BCUT2D eigenvalue weighted by Crippen LogP contribution is 2.34. The van der Waals surface area contributed by atoms with E-state index in [-0.39, 0.29) is 0 Å². The van der Waals surface area contributed by atoms with Crippen molar-refractivity contribution in [2.24, 2.45) is 0 Å². The number of anilines is 1. The number of H-pyrrole nitrogens is 1. The number of nitrogens with one attached hydrogen (secondary N) is 2. The van der Waals surface area contributed by atoms with Gasteiger partial charge in [-0.1, -0.05) is 13.3 Å². The molecule has 5 heteroatoms. The van der Waals surface area contributed by atoms with E-state index in [4.69, 9.17) is 9.47 Å². The van der Waals surface area contributed by atoms with Crippen molar-refractivity contribution in [1.29, 1.82) is 0 Å². The number of ether oxygens (including phenoxy) is 2. The Morgan fingerprint density at radius 1 is 1.28 bits per heavy atom. The third-order valence-corrected chi connectivity index (χ3v) is 2.97. The van der Waals surface area contributed by atoms with Crippen LogP contribution in [-0.4, -0.2) is 29.7 Å². The molecule has 5 nitrogen and oxygen atoms in total. The molecule has 1 aliphatic heterocycles. The van der Waals surface area contributed by atoms with Gasteiger partial charge in [0.15, 0.2) is 11.5 Å². The van der Waals surface area contributed by atoms with Gasteiger partial charge in [0.1, 0.15) is 13.2 Å². The molecule has 1 aromatic heterocycles. The summed E-state index contributed by atoms with van der Waals surface area (Å²) >= 11 is 0. The molecule has 0 saturated carbocycles. The molecule has 18 heavy (non-hydrogen) atoms. The van der Waals surface area contributed by atoms with Crippen molar-refractivity contribution in [2.75, 3.05) is 25.1 Å². The summed E-state index contributed by atoms with van der Waals surface area (Å²) in [6.07, 6.45) is 2.31. The van der Waals surface area contributed by atoms with Gasteiger partial charge in [-0.2, -0.15) is 0 Å². The summed E-state index contributed by atoms with van der Waals surface area (Å²) in [5.41, 5.74) is 1.87. The summed E-state index contributed by atoms with van der Waals surface area (Å²) in [5, 5.41) is 3.28. The Morgan fingerprint density at radius 3 is 2.83 bits per heavy atom. The summed E-state index contributed by atoms with van der Waals surface area (Å²) in [5.74, 6) is 2.37. The van der Waals surface area contributed by atoms with Crippen molar-refractivity contribution in [3.05, 3.63) is 12.1 Å². The Morgan fingerprint density at radius 2 is 2.06 bits per heavy atom. The van der Waals surface area contributed by atoms with Crippen LogP contribution in [0.2, 0.25) is 0 Å². The molecule has 0 atom stereocenters. The number of fused-ring (bicyclic) bond motifs is 2. The summed E-state index contributed by atoms with van der Waals surface area (Å²) < 4.78 is 11.1. The highest BCUT2D eigenvalue weighted by atomic mass is 16.6. The Kier molecular flexibility index (Phi) is 2.96. The zero-order valence-corrected chi connectivity index (χ0v) is 10.5. The van der Waals surface area contributed by atoms with Crippen LogP contribution in [0.1, 0.15) is 19.8 Å². The molecule has 0 aliphatic carbocycles. The van der Waals surface area contributed by atoms with E-state index < -0.39 is 0 Å². The zero-order valence-electron chi connectivity index (χ0n) is 10.5. The second-order valence-electron chi connectivity index (χ2n) is 4.38. The van der Waals surface area contributed by atoms with Crippen LogP contribution in [0, 0.1) is 0 Å². The largest absolute Gasteiger partial charge is 0.486 e. The second kappa shape index (κ2) is 4.76. The predicted molar refractivity (Wildman–Crippen MR) is 70.5 cm³/mol. The molecular weight excluding hydrogens is 230 g/mol. The van der Waals surface area contributed by atoms with Gasteiger partial charge >= 0.3 is 0 Å². The first kappa shape index (κ1) is 11.2. The van der Waals surface area contributed by atoms with Crippen LogP contribution in [0.25, 0.3) is 11.0 Å². The highest BCUT2D eigenvalue weighted by molar-refractivity contribution is 5.81. The number of hydrogen-bond donors (Lipinski definition) is 2. The standard InChI is InChI=1S/C13H17N3O2/c1-2-3-4-14-13-15-9-7-11-12(8-10(9)16-13)18-6-5-17-11/h7-8H,2-6H2,1H3,(H2,14,15,16). The van der Waals surface area contributed by atoms with Gasteiger partial charge in [-0.25, -0.2) is 4.98 Å². The minimum absolute atomic E-state index is 0.602. The van der Waals surface area contributed by atoms with Gasteiger partial charge < -0.3 is 19.8 Å². The maximum absolute atomic E-state index is 5.55. The Bertz CT molecular complexity index is 507. The van der Waals surface area contributed by atoms with E-state index >= 15 is 0 Å². The summed E-state index contributed by atoms with van der Waals surface area (Å²) in [4.78, 5) is 7.74. The van der Waals surface area contributed by atoms with Crippen molar-refractivity contribution >= 4 is 17.0 Å². The summed E-state index contributed by atoms with van der Waals surface area (Å²) in [6, 6.07) is 3.87. The van der Waals surface area contributed by atoms with Crippen molar-refractivity contribution < 1.29 is 9.47 Å². The number of unbranched alkanes of at least 4 members (excludes halogenated alkanes) is 1. The molecule has 0 fully saturated rings. The normalized spacial score (nSPS) is 13.8. The van der Waals surface area contributed by atoms with Gasteiger partial charge in [0.05, 0.1) is 11.0 Å². The molecule has 0 unspecified atom stereocenters. The predicted octanol–water partition coefficient (Wildman–Crippen LogP) is 2.55. The van der Waals surface area contributed by atoms with Crippen LogP contribution in [0.15, 0.2) is 12.1 Å². The number of rotatable bonds is 4. The molecule has 2 N–H and O–H groups in total. The minimum atomic E-state index is 0.602. The maximum Gasteiger partial charge on any atom is 0.201 e. The van der Waals surface area contributed by atoms with Gasteiger partial charge in [-0.15, -0.1) is 0 Å². The lowest BCUT2D eigenvalue weighted by Gasteiger charge is -2.17. The molecule has 96 valence electrons. The molecule has 1 aliphatic rings. The minimum Gasteiger partial charge on any atom is -0.486 e. The van der Waals surface area contributed by atoms with E-state index in [1.165, 1.54) is 6.42 Å². The number of aromatic nitrogens is 2. The fourth-order valence-corrected chi connectivity index (χ4v) is 2.01. The molecule has 0 saturated heterocycles. The van der Waals surface area contributed by atoms with Gasteiger partial charge in [-0.3, -0.25) is 0 Å². The first-order valence-corrected chi connectivity index (χ1v) is 6.40. The quantitative estimate of drug-likeness (QED) is 0.815. The Hall–Kier alpha value is -1.91. The smallest absolute Gasteiger partial charge is 0.201 e. The lowest BCUT2D eigenvalue weighted by molar-refractivity contribution is 0.172. The maximum atomic E-state index is 5.55. The molecule has 0 bridgehead atoms. The monoisotopic (exact) mass is 247 g/mol. The molecule has 0 radical (unpaired) electrons. The Balaban J connectivity index is 1.87. The Labute approximate surface area is 106 Å². The van der Waals surface area contributed by atoms with Gasteiger partial charge in [-0.05, 0) is 6.42 Å². The van der Waals surface area contributed by atoms with E-state index in [9.17, 15) is 0 Å². The molecule has 0 amide bonds. The fraction of sp³-hybridized carbons (Fsp3) is 0.462. The number of imidazole rings is 1. The number of hydrogen-bond acceptors (Lipinski definition) is 4. The number of benzene rings is 1. The van der Waals surface area contributed by atoms with E-state index in [1.54, 1.807) is 0 Å². The molecule has 2 aromatic rings. The highest BCUT2D eigenvalue weighted by Gasteiger charge is 2.14. The van der Waals surface area contributed by atoms with Crippen LogP contribution in [0.5, 0.6) is 11.5 Å². The van der Waals surface area contributed by atoms with Crippen molar-refractivity contribution in [2.45, 2.75) is 19.8 Å². The van der Waals surface area contributed by atoms with E-state index in [2.05, 4.69) is 22.2 Å². The van der Waals surface area contributed by atoms with Crippen LogP contribution < -0.4 is 14.8 Å². The first-order valence-electron chi connectivity index (χ1n) is 6.40. The molecule has 1 aromatic carbocycles.